The Bertz CT molecular complexity index is 1130. The van der Waals surface area contributed by atoms with Crippen molar-refractivity contribution in [2.45, 2.75) is 76.2 Å². The molecule has 0 radical (unpaired) electrons. The second-order valence-electron chi connectivity index (χ2n) is 11.7. The number of likely N-dealkylation sites (tertiary alicyclic amines) is 1. The van der Waals surface area contributed by atoms with Gasteiger partial charge in [0.15, 0.2) is 0 Å². The molecule has 1 unspecified atom stereocenters. The number of hydrogen-bond donors (Lipinski definition) is 3. The number of nitrogens with one attached hydrogen (secondary N) is 2. The van der Waals surface area contributed by atoms with Crippen LogP contribution in [0.25, 0.3) is 0 Å². The average molecular weight is 582 g/mol. The van der Waals surface area contributed by atoms with Crippen LogP contribution < -0.4 is 10.6 Å². The highest BCUT2D eigenvalue weighted by Gasteiger charge is 2.42. The van der Waals surface area contributed by atoms with E-state index in [0.29, 0.717) is 12.6 Å². The van der Waals surface area contributed by atoms with E-state index >= 15 is 0 Å². The molecule has 2 atom stereocenters. The summed E-state index contributed by atoms with van der Waals surface area (Å²) in [6.45, 7) is 3.54. The number of rotatable bonds is 9. The van der Waals surface area contributed by atoms with Gasteiger partial charge in [-0.1, -0.05) is 55.7 Å². The number of amides is 3. The summed E-state index contributed by atoms with van der Waals surface area (Å²) in [6.07, 6.45) is 6.45. The maximum atomic E-state index is 14.4. The lowest BCUT2D eigenvalue weighted by Crippen LogP contribution is -2.65. The third kappa shape index (κ3) is 7.87. The minimum atomic E-state index is -1.06. The number of carbonyl (C=O) groups is 3. The molecule has 41 heavy (non-hydrogen) atoms. The number of piperazine rings is 1. The van der Waals surface area contributed by atoms with Crippen molar-refractivity contribution in [1.29, 1.82) is 0 Å². The molecule has 1 aromatic heterocycles. The molecule has 1 aliphatic carbocycles. The molecule has 1 aromatic carbocycles. The lowest BCUT2D eigenvalue weighted by Gasteiger charge is -2.44. The van der Waals surface area contributed by atoms with Crippen LogP contribution in [-0.4, -0.2) is 88.6 Å². The normalized spacial score (nSPS) is 21.9. The predicted octanol–water partition coefficient (Wildman–Crippen LogP) is 3.76. The monoisotopic (exact) mass is 581 g/mol. The van der Waals surface area contributed by atoms with Crippen LogP contribution in [0.1, 0.15) is 55.4 Å². The van der Waals surface area contributed by atoms with Crippen molar-refractivity contribution < 1.29 is 19.5 Å². The highest BCUT2D eigenvalue weighted by Crippen LogP contribution is 2.27. The molecule has 0 spiro atoms. The lowest BCUT2D eigenvalue weighted by atomic mass is 9.86. The zero-order chi connectivity index (χ0) is 28.6. The van der Waals surface area contributed by atoms with Crippen LogP contribution in [-0.2, 0) is 22.7 Å². The number of benzene rings is 1. The molecule has 9 nitrogen and oxygen atoms in total. The zero-order valence-corrected chi connectivity index (χ0v) is 24.6. The Kier molecular flexibility index (Phi) is 10.3. The third-order valence-electron chi connectivity index (χ3n) is 8.89. The summed E-state index contributed by atoms with van der Waals surface area (Å²) in [5.74, 6) is -0.186. The van der Waals surface area contributed by atoms with Crippen LogP contribution >= 0.6 is 11.3 Å². The molecule has 3 amide bonds. The summed E-state index contributed by atoms with van der Waals surface area (Å²) in [4.78, 5) is 46.0. The topological polar surface area (TPSA) is 105 Å². The average Bonchev–Trinajstić information content (AvgIpc) is 3.53. The Morgan fingerprint density at radius 1 is 0.927 bits per heavy atom. The molecule has 5 rings (SSSR count). The molecule has 3 heterocycles. The van der Waals surface area contributed by atoms with Gasteiger partial charge in [0, 0.05) is 30.6 Å². The molecule has 222 valence electrons. The number of carbonyl (C=O) groups excluding carboxylic acids is 2. The van der Waals surface area contributed by atoms with Crippen LogP contribution in [0.2, 0.25) is 0 Å². The van der Waals surface area contributed by atoms with Gasteiger partial charge >= 0.3 is 6.09 Å². The standard InChI is InChI=1S/C31H43N5O4S/c37-29(32-20-26-12-7-19-41-26)27-22-35(31(39)40)17-18-36(27)30(38)28(33-25-10-5-2-6-11-25)24-13-15-34(16-14-24)21-23-8-3-1-4-9-23/h1,3-4,7-9,12,19,24-25,27-28,33H,2,5-6,10-11,13-18,20-22H2,(H,32,37)(H,39,40)/t27-,28?/m0/s1. The number of piperidine rings is 1. The molecular formula is C31H43N5O4S. The molecular weight excluding hydrogens is 538 g/mol. The Morgan fingerprint density at radius 2 is 1.68 bits per heavy atom. The zero-order valence-electron chi connectivity index (χ0n) is 23.7. The first-order valence-electron chi connectivity index (χ1n) is 15.1. The van der Waals surface area contributed by atoms with E-state index in [-0.39, 0.29) is 43.4 Å². The van der Waals surface area contributed by atoms with Gasteiger partial charge in [0.1, 0.15) is 6.04 Å². The van der Waals surface area contributed by atoms with E-state index < -0.39 is 12.1 Å². The van der Waals surface area contributed by atoms with Gasteiger partial charge in [-0.25, -0.2) is 4.79 Å². The Balaban J connectivity index is 1.30. The summed E-state index contributed by atoms with van der Waals surface area (Å²) in [5.41, 5.74) is 1.30. The lowest BCUT2D eigenvalue weighted by molar-refractivity contribution is -0.147. The second kappa shape index (κ2) is 14.3. The fourth-order valence-corrected chi connectivity index (χ4v) is 7.19. The summed E-state index contributed by atoms with van der Waals surface area (Å²) in [5, 5.41) is 18.4. The van der Waals surface area contributed by atoms with Gasteiger partial charge in [0.05, 0.1) is 19.1 Å². The number of hydrogen-bond acceptors (Lipinski definition) is 6. The van der Waals surface area contributed by atoms with Crippen molar-refractivity contribution in [3.05, 3.63) is 58.3 Å². The molecule has 2 aromatic rings. The molecule has 2 saturated heterocycles. The van der Waals surface area contributed by atoms with Crippen LogP contribution in [0.5, 0.6) is 0 Å². The maximum Gasteiger partial charge on any atom is 0.407 e. The van der Waals surface area contributed by atoms with Gasteiger partial charge < -0.3 is 25.5 Å². The third-order valence-corrected chi connectivity index (χ3v) is 9.77. The van der Waals surface area contributed by atoms with Gasteiger partial charge in [-0.2, -0.15) is 0 Å². The van der Waals surface area contributed by atoms with Gasteiger partial charge in [-0.3, -0.25) is 14.5 Å². The van der Waals surface area contributed by atoms with Gasteiger partial charge in [0.2, 0.25) is 11.8 Å². The molecule has 3 N–H and O–H groups in total. The van der Waals surface area contributed by atoms with Crippen LogP contribution in [0.3, 0.4) is 0 Å². The van der Waals surface area contributed by atoms with Crippen LogP contribution in [0, 0.1) is 5.92 Å². The summed E-state index contributed by atoms with van der Waals surface area (Å²) in [6, 6.07) is 13.5. The Hall–Kier alpha value is -2.95. The van der Waals surface area contributed by atoms with Crippen LogP contribution in [0.15, 0.2) is 47.8 Å². The first-order chi connectivity index (χ1) is 20.0. The van der Waals surface area contributed by atoms with Crippen molar-refractivity contribution in [2.75, 3.05) is 32.7 Å². The fourth-order valence-electron chi connectivity index (χ4n) is 6.55. The van der Waals surface area contributed by atoms with E-state index in [0.717, 1.165) is 50.2 Å². The summed E-state index contributed by atoms with van der Waals surface area (Å²) in [7, 11) is 0. The SMILES string of the molecule is O=C(NCc1cccs1)[C@@H]1CN(C(=O)O)CCN1C(=O)C(NC1CCCCC1)C1CCN(Cc2ccccc2)CC1. The van der Waals surface area contributed by atoms with E-state index in [9.17, 15) is 19.5 Å². The van der Waals surface area contributed by atoms with Crippen LogP contribution in [0.4, 0.5) is 4.79 Å². The Morgan fingerprint density at radius 3 is 2.37 bits per heavy atom. The summed E-state index contributed by atoms with van der Waals surface area (Å²) < 4.78 is 0. The quantitative estimate of drug-likeness (QED) is 0.417. The largest absolute Gasteiger partial charge is 0.465 e. The number of thiophene rings is 1. The minimum Gasteiger partial charge on any atom is -0.465 e. The van der Waals surface area contributed by atoms with Gasteiger partial charge in [-0.15, -0.1) is 11.3 Å². The Labute approximate surface area is 246 Å². The summed E-state index contributed by atoms with van der Waals surface area (Å²) >= 11 is 1.55. The molecule has 0 bridgehead atoms. The number of carboxylic acid groups (broad SMARTS) is 1. The van der Waals surface area contributed by atoms with Crippen molar-refractivity contribution in [1.82, 2.24) is 25.3 Å². The molecule has 1 saturated carbocycles. The molecule has 2 aliphatic heterocycles. The maximum absolute atomic E-state index is 14.4. The van der Waals surface area contributed by atoms with Crippen molar-refractivity contribution in [2.24, 2.45) is 5.92 Å². The minimum absolute atomic E-state index is 0.0109. The number of nitrogens with zero attached hydrogens (tertiary/aromatic N) is 3. The first kappa shape index (κ1) is 29.5. The van der Waals surface area contributed by atoms with Crippen molar-refractivity contribution in [3.8, 4) is 0 Å². The van der Waals surface area contributed by atoms with Crippen molar-refractivity contribution in [3.63, 3.8) is 0 Å². The second-order valence-corrected chi connectivity index (χ2v) is 12.7. The van der Waals surface area contributed by atoms with Crippen molar-refractivity contribution >= 4 is 29.2 Å². The van der Waals surface area contributed by atoms with E-state index in [4.69, 9.17) is 0 Å². The fraction of sp³-hybridized carbons (Fsp3) is 0.581. The molecule has 3 aliphatic rings. The van der Waals surface area contributed by atoms with E-state index in [1.54, 1.807) is 16.2 Å². The predicted molar refractivity (Wildman–Crippen MR) is 160 cm³/mol. The molecule has 3 fully saturated rings. The van der Waals surface area contributed by atoms with E-state index in [1.165, 1.54) is 29.7 Å². The first-order valence-corrected chi connectivity index (χ1v) is 16.0. The smallest absolute Gasteiger partial charge is 0.407 e. The van der Waals surface area contributed by atoms with Gasteiger partial charge in [-0.05, 0) is 61.7 Å². The van der Waals surface area contributed by atoms with E-state index in [1.807, 2.05) is 23.6 Å². The van der Waals surface area contributed by atoms with E-state index in [2.05, 4.69) is 39.8 Å². The van der Waals surface area contributed by atoms with Gasteiger partial charge in [0.25, 0.3) is 0 Å². The highest BCUT2D eigenvalue weighted by molar-refractivity contribution is 7.09. The molecule has 10 heteroatoms. The highest BCUT2D eigenvalue weighted by atomic mass is 32.1.